The third kappa shape index (κ3) is 2.83. The van der Waals surface area contributed by atoms with Gasteiger partial charge in [0.25, 0.3) is 0 Å². The number of hydrogen-bond donors (Lipinski definition) is 3. The first-order valence-corrected chi connectivity index (χ1v) is 7.41. The Morgan fingerprint density at radius 1 is 1.22 bits per heavy atom. The summed E-state index contributed by atoms with van der Waals surface area (Å²) in [5, 5.41) is 26.6. The first-order chi connectivity index (χ1) is 11.0. The molecule has 6 heteroatoms. The number of benzodiazepines with no additional fused rings is 1. The molecular weight excluding hydrogens is 312 g/mol. The number of fused-ring (bicyclic) bond motifs is 1. The summed E-state index contributed by atoms with van der Waals surface area (Å²) in [6.07, 6.45) is 0. The highest BCUT2D eigenvalue weighted by atomic mass is 35.5. The Kier molecular flexibility index (Phi) is 3.88. The lowest BCUT2D eigenvalue weighted by Gasteiger charge is -2.23. The molecule has 0 aromatic heterocycles. The smallest absolute Gasteiger partial charge is 0.128 e. The van der Waals surface area contributed by atoms with Crippen molar-refractivity contribution in [2.24, 2.45) is 4.99 Å². The molecule has 1 aliphatic heterocycles. The van der Waals surface area contributed by atoms with Gasteiger partial charge in [-0.15, -0.1) is 0 Å². The van der Waals surface area contributed by atoms with Crippen LogP contribution in [0.4, 0.5) is 5.69 Å². The standard InChI is InChI=1S/C17H15ClN4O/c1-10(19)22-15-7-6-13(23)8-14(15)17(21-9-16(22)20)11-2-4-12(18)5-3-11/h2-8,19-20,23H,9H2,1H3. The lowest BCUT2D eigenvalue weighted by atomic mass is 10.00. The van der Waals surface area contributed by atoms with Crippen molar-refractivity contribution in [2.75, 3.05) is 11.4 Å². The van der Waals surface area contributed by atoms with E-state index < -0.39 is 0 Å². The molecule has 3 N–H and O–H groups in total. The van der Waals surface area contributed by atoms with Gasteiger partial charge in [0.1, 0.15) is 17.4 Å². The van der Waals surface area contributed by atoms with Crippen LogP contribution in [-0.2, 0) is 0 Å². The molecule has 1 aliphatic rings. The summed E-state index contributed by atoms with van der Waals surface area (Å²) in [4.78, 5) is 6.05. The average molecular weight is 327 g/mol. The van der Waals surface area contributed by atoms with Gasteiger partial charge >= 0.3 is 0 Å². The van der Waals surface area contributed by atoms with Gasteiger partial charge in [0.2, 0.25) is 0 Å². The molecule has 0 saturated heterocycles. The summed E-state index contributed by atoms with van der Waals surface area (Å²) in [6.45, 7) is 1.78. The van der Waals surface area contributed by atoms with Crippen LogP contribution in [-0.4, -0.2) is 29.0 Å². The van der Waals surface area contributed by atoms with Gasteiger partial charge < -0.3 is 5.11 Å². The molecule has 3 rings (SSSR count). The monoisotopic (exact) mass is 326 g/mol. The maximum Gasteiger partial charge on any atom is 0.128 e. The van der Waals surface area contributed by atoms with Crippen LogP contribution in [0.2, 0.25) is 5.02 Å². The summed E-state index contributed by atoms with van der Waals surface area (Å²) < 4.78 is 0. The first-order valence-electron chi connectivity index (χ1n) is 7.04. The second-order valence-electron chi connectivity index (χ2n) is 5.24. The predicted molar refractivity (Wildman–Crippen MR) is 93.7 cm³/mol. The molecule has 116 valence electrons. The van der Waals surface area contributed by atoms with Crippen molar-refractivity contribution in [2.45, 2.75) is 6.92 Å². The highest BCUT2D eigenvalue weighted by Gasteiger charge is 2.24. The normalized spacial score (nSPS) is 14.1. The molecular formula is C17H15ClN4O. The zero-order valence-corrected chi connectivity index (χ0v) is 13.2. The van der Waals surface area contributed by atoms with Crippen molar-refractivity contribution in [1.82, 2.24) is 0 Å². The van der Waals surface area contributed by atoms with Crippen molar-refractivity contribution in [3.8, 4) is 5.75 Å². The Hall–Kier alpha value is -2.66. The minimum absolute atomic E-state index is 0.112. The Labute approximate surface area is 138 Å². The Bertz CT molecular complexity index is 827. The fraction of sp³-hybridized carbons (Fsp3) is 0.118. The molecule has 5 nitrogen and oxygen atoms in total. The quantitative estimate of drug-likeness (QED) is 0.551. The van der Waals surface area contributed by atoms with Gasteiger partial charge in [0, 0.05) is 16.1 Å². The van der Waals surface area contributed by atoms with Gasteiger partial charge in [0.15, 0.2) is 0 Å². The third-order valence-electron chi connectivity index (χ3n) is 3.59. The fourth-order valence-corrected chi connectivity index (χ4v) is 2.73. The lowest BCUT2D eigenvalue weighted by molar-refractivity contribution is 0.475. The van der Waals surface area contributed by atoms with Crippen LogP contribution >= 0.6 is 11.6 Å². The highest BCUT2D eigenvalue weighted by Crippen LogP contribution is 2.30. The molecule has 1 heterocycles. The van der Waals surface area contributed by atoms with E-state index in [4.69, 9.17) is 22.4 Å². The van der Waals surface area contributed by atoms with E-state index in [0.717, 1.165) is 5.56 Å². The predicted octanol–water partition coefficient (Wildman–Crippen LogP) is 3.68. The van der Waals surface area contributed by atoms with Gasteiger partial charge in [-0.05, 0) is 37.3 Å². The van der Waals surface area contributed by atoms with Crippen LogP contribution in [0.25, 0.3) is 0 Å². The molecule has 2 aromatic rings. The summed E-state index contributed by atoms with van der Waals surface area (Å²) in [5.41, 5.74) is 2.85. The molecule has 0 spiro atoms. The summed E-state index contributed by atoms with van der Waals surface area (Å²) in [7, 11) is 0. The van der Waals surface area contributed by atoms with E-state index in [9.17, 15) is 5.11 Å². The fourth-order valence-electron chi connectivity index (χ4n) is 2.60. The van der Waals surface area contributed by atoms with Crippen LogP contribution < -0.4 is 4.90 Å². The number of halogens is 1. The number of benzene rings is 2. The molecule has 0 amide bonds. The number of rotatable bonds is 1. The molecule has 2 aromatic carbocycles. The second kappa shape index (κ2) is 5.85. The number of hydrogen-bond acceptors (Lipinski definition) is 4. The van der Waals surface area contributed by atoms with Crippen LogP contribution in [0.5, 0.6) is 5.75 Å². The largest absolute Gasteiger partial charge is 0.508 e. The molecule has 0 radical (unpaired) electrons. The van der Waals surface area contributed by atoms with Crippen LogP contribution in [0.1, 0.15) is 18.1 Å². The minimum Gasteiger partial charge on any atom is -0.508 e. The van der Waals surface area contributed by atoms with Gasteiger partial charge in [-0.3, -0.25) is 20.7 Å². The average Bonchev–Trinajstić information content (AvgIpc) is 2.64. The van der Waals surface area contributed by atoms with E-state index >= 15 is 0 Å². The topological polar surface area (TPSA) is 83.5 Å². The zero-order chi connectivity index (χ0) is 16.6. The van der Waals surface area contributed by atoms with E-state index in [1.54, 1.807) is 37.3 Å². The van der Waals surface area contributed by atoms with E-state index in [0.29, 0.717) is 22.0 Å². The lowest BCUT2D eigenvalue weighted by Crippen LogP contribution is -2.35. The molecule has 0 saturated carbocycles. The van der Waals surface area contributed by atoms with E-state index in [-0.39, 0.29) is 24.0 Å². The zero-order valence-electron chi connectivity index (χ0n) is 12.5. The number of phenols is 1. The number of nitrogens with one attached hydrogen (secondary N) is 2. The Morgan fingerprint density at radius 3 is 2.57 bits per heavy atom. The molecule has 0 unspecified atom stereocenters. The maximum atomic E-state index is 9.88. The van der Waals surface area contributed by atoms with Crippen LogP contribution in [0.3, 0.4) is 0 Å². The van der Waals surface area contributed by atoms with E-state index in [1.165, 1.54) is 4.90 Å². The molecule has 0 bridgehead atoms. The van der Waals surface area contributed by atoms with Gasteiger partial charge in [-0.25, -0.2) is 0 Å². The summed E-state index contributed by atoms with van der Waals surface area (Å²) in [5.74, 6) is 0.560. The van der Waals surface area contributed by atoms with Crippen molar-refractivity contribution in [3.05, 3.63) is 58.6 Å². The maximum absolute atomic E-state index is 9.88. The summed E-state index contributed by atoms with van der Waals surface area (Å²) >= 11 is 5.95. The van der Waals surface area contributed by atoms with Crippen molar-refractivity contribution < 1.29 is 5.11 Å². The number of aliphatic imine (C=N–C) groups is 1. The number of phenolic OH excluding ortho intramolecular Hbond substituents is 1. The highest BCUT2D eigenvalue weighted by molar-refractivity contribution is 6.31. The van der Waals surface area contributed by atoms with Crippen molar-refractivity contribution in [3.63, 3.8) is 0 Å². The number of nitrogens with zero attached hydrogens (tertiary/aromatic N) is 2. The second-order valence-corrected chi connectivity index (χ2v) is 5.68. The van der Waals surface area contributed by atoms with Crippen molar-refractivity contribution in [1.29, 1.82) is 10.8 Å². The number of amidine groups is 2. The van der Waals surface area contributed by atoms with Gasteiger partial charge in [-0.1, -0.05) is 23.7 Å². The summed E-state index contributed by atoms with van der Waals surface area (Å²) in [6, 6.07) is 12.1. The van der Waals surface area contributed by atoms with Crippen LogP contribution in [0.15, 0.2) is 47.5 Å². The minimum atomic E-state index is 0.112. The van der Waals surface area contributed by atoms with Crippen molar-refractivity contribution >= 4 is 34.7 Å². The number of aromatic hydroxyl groups is 1. The third-order valence-corrected chi connectivity index (χ3v) is 3.84. The SMILES string of the molecule is CC(=N)N1C(=N)CN=C(c2ccc(Cl)cc2)c2cc(O)ccc21. The van der Waals surface area contributed by atoms with Gasteiger partial charge in [0.05, 0.1) is 17.9 Å². The molecule has 0 fully saturated rings. The van der Waals surface area contributed by atoms with E-state index in [1.807, 2.05) is 12.1 Å². The number of anilines is 1. The molecule has 0 atom stereocenters. The van der Waals surface area contributed by atoms with E-state index in [2.05, 4.69) is 4.99 Å². The molecule has 0 aliphatic carbocycles. The Morgan fingerprint density at radius 2 is 1.91 bits per heavy atom. The van der Waals surface area contributed by atoms with Crippen LogP contribution in [0, 0.1) is 10.8 Å². The molecule has 23 heavy (non-hydrogen) atoms. The Balaban J connectivity index is 2.23. The first kappa shape index (κ1) is 15.2. The van der Waals surface area contributed by atoms with Gasteiger partial charge in [-0.2, -0.15) is 0 Å².